The van der Waals surface area contributed by atoms with Crippen LogP contribution in [0.2, 0.25) is 0 Å². The van der Waals surface area contributed by atoms with Crippen molar-refractivity contribution in [3.05, 3.63) is 41.0 Å². The molecule has 0 fully saturated rings. The van der Waals surface area contributed by atoms with Gasteiger partial charge in [-0.1, -0.05) is 49.8 Å². The lowest BCUT2D eigenvalue weighted by atomic mass is 9.95. The van der Waals surface area contributed by atoms with Crippen molar-refractivity contribution in [1.29, 1.82) is 0 Å². The number of rotatable bonds is 2. The summed E-state index contributed by atoms with van der Waals surface area (Å²) >= 11 is 0. The molecule has 0 aliphatic heterocycles. The van der Waals surface area contributed by atoms with Crippen molar-refractivity contribution in [2.24, 2.45) is 0 Å². The molecule has 0 heterocycles. The van der Waals surface area contributed by atoms with Crippen LogP contribution in [0.4, 0.5) is 0 Å². The van der Waals surface area contributed by atoms with Crippen LogP contribution in [0.5, 0.6) is 0 Å². The van der Waals surface area contributed by atoms with Crippen LogP contribution in [0.3, 0.4) is 0 Å². The summed E-state index contributed by atoms with van der Waals surface area (Å²) in [4.78, 5) is 0. The van der Waals surface area contributed by atoms with E-state index in [-0.39, 0.29) is 0 Å². The van der Waals surface area contributed by atoms with E-state index in [1.165, 1.54) is 16.7 Å². The molecule has 0 amide bonds. The van der Waals surface area contributed by atoms with Gasteiger partial charge in [0.2, 0.25) is 0 Å². The molecule has 0 N–H and O–H groups in total. The Morgan fingerprint density at radius 3 is 2.46 bits per heavy atom. The molecule has 0 aromatic heterocycles. The van der Waals surface area contributed by atoms with E-state index in [0.717, 1.165) is 0 Å². The Hall–Kier alpha value is -1.04. The van der Waals surface area contributed by atoms with Crippen LogP contribution < -0.4 is 0 Å². The van der Waals surface area contributed by atoms with Gasteiger partial charge in [-0.3, -0.25) is 0 Å². The second-order valence-corrected chi connectivity index (χ2v) is 3.79. The number of hydrogen-bond donors (Lipinski definition) is 0. The monoisotopic (exact) mass is 174 g/mol. The molecule has 0 spiro atoms. The Balaban J connectivity index is 3.18. The zero-order valence-corrected chi connectivity index (χ0v) is 8.96. The zero-order valence-electron chi connectivity index (χ0n) is 8.96. The fourth-order valence-corrected chi connectivity index (χ4v) is 1.54. The molecular weight excluding hydrogens is 156 g/mol. The molecule has 0 aliphatic carbocycles. The van der Waals surface area contributed by atoms with Crippen molar-refractivity contribution in [2.75, 3.05) is 0 Å². The van der Waals surface area contributed by atoms with Crippen molar-refractivity contribution in [1.82, 2.24) is 0 Å². The molecule has 0 saturated heterocycles. The molecule has 0 atom stereocenters. The highest BCUT2D eigenvalue weighted by molar-refractivity contribution is 5.55. The number of benzene rings is 1. The van der Waals surface area contributed by atoms with Gasteiger partial charge >= 0.3 is 0 Å². The minimum absolute atomic E-state index is 0.604. The van der Waals surface area contributed by atoms with Crippen LogP contribution >= 0.6 is 0 Å². The highest BCUT2D eigenvalue weighted by atomic mass is 14.1. The molecule has 0 aliphatic rings. The molecule has 0 unspecified atom stereocenters. The quantitative estimate of drug-likeness (QED) is 0.631. The standard InChI is InChI=1S/C13H18/c1-5-6-12-9-11(4)7-8-13(12)10(2)3/h5-10H,1-4H3/b6-5-. The summed E-state index contributed by atoms with van der Waals surface area (Å²) in [6.45, 7) is 8.67. The normalized spacial score (nSPS) is 11.5. The van der Waals surface area contributed by atoms with E-state index in [4.69, 9.17) is 0 Å². The number of hydrogen-bond acceptors (Lipinski definition) is 0. The van der Waals surface area contributed by atoms with Crippen molar-refractivity contribution in [3.63, 3.8) is 0 Å². The van der Waals surface area contributed by atoms with Crippen molar-refractivity contribution in [3.8, 4) is 0 Å². The second-order valence-electron chi connectivity index (χ2n) is 3.79. The van der Waals surface area contributed by atoms with Gasteiger partial charge in [0.1, 0.15) is 0 Å². The SMILES string of the molecule is C/C=C\c1cc(C)ccc1C(C)C. The molecule has 1 rings (SSSR count). The van der Waals surface area contributed by atoms with E-state index >= 15 is 0 Å². The first-order valence-electron chi connectivity index (χ1n) is 4.88. The molecule has 13 heavy (non-hydrogen) atoms. The van der Waals surface area contributed by atoms with Gasteiger partial charge < -0.3 is 0 Å². The van der Waals surface area contributed by atoms with Crippen LogP contribution in [0.15, 0.2) is 24.3 Å². The van der Waals surface area contributed by atoms with Gasteiger partial charge in [0, 0.05) is 0 Å². The number of allylic oxidation sites excluding steroid dienone is 1. The maximum atomic E-state index is 2.25. The lowest BCUT2D eigenvalue weighted by molar-refractivity contribution is 0.863. The highest BCUT2D eigenvalue weighted by Gasteiger charge is 2.03. The largest absolute Gasteiger partial charge is 0.0871 e. The van der Waals surface area contributed by atoms with E-state index in [2.05, 4.69) is 58.0 Å². The Kier molecular flexibility index (Phi) is 3.30. The molecule has 1 aromatic carbocycles. The van der Waals surface area contributed by atoms with Gasteiger partial charge in [0.15, 0.2) is 0 Å². The van der Waals surface area contributed by atoms with E-state index in [0.29, 0.717) is 5.92 Å². The molecule has 1 aromatic rings. The average Bonchev–Trinajstić information content (AvgIpc) is 2.04. The molecule has 0 saturated carbocycles. The number of aryl methyl sites for hydroxylation is 1. The topological polar surface area (TPSA) is 0 Å². The first-order valence-corrected chi connectivity index (χ1v) is 4.88. The van der Waals surface area contributed by atoms with Gasteiger partial charge in [-0.25, -0.2) is 0 Å². The minimum Gasteiger partial charge on any atom is -0.0871 e. The summed E-state index contributed by atoms with van der Waals surface area (Å²) < 4.78 is 0. The summed E-state index contributed by atoms with van der Waals surface area (Å²) in [5.74, 6) is 0.604. The Labute approximate surface area is 81.3 Å². The molecule has 70 valence electrons. The summed E-state index contributed by atoms with van der Waals surface area (Å²) in [5.41, 5.74) is 4.12. The van der Waals surface area contributed by atoms with Crippen molar-refractivity contribution in [2.45, 2.75) is 33.6 Å². The lowest BCUT2D eigenvalue weighted by Gasteiger charge is -2.10. The third-order valence-electron chi connectivity index (χ3n) is 2.21. The van der Waals surface area contributed by atoms with Gasteiger partial charge in [0.05, 0.1) is 0 Å². The molecule has 0 radical (unpaired) electrons. The van der Waals surface area contributed by atoms with Crippen LogP contribution in [0.25, 0.3) is 6.08 Å². The van der Waals surface area contributed by atoms with E-state index in [1.807, 2.05) is 0 Å². The molecule has 0 bridgehead atoms. The Morgan fingerprint density at radius 1 is 1.23 bits per heavy atom. The third kappa shape index (κ3) is 2.45. The van der Waals surface area contributed by atoms with E-state index in [9.17, 15) is 0 Å². The molecule has 0 nitrogen and oxygen atoms in total. The Morgan fingerprint density at radius 2 is 1.92 bits per heavy atom. The Bertz CT molecular complexity index is 306. The van der Waals surface area contributed by atoms with Crippen LogP contribution in [-0.4, -0.2) is 0 Å². The molecule has 0 heteroatoms. The van der Waals surface area contributed by atoms with Gasteiger partial charge in [-0.15, -0.1) is 0 Å². The average molecular weight is 174 g/mol. The summed E-state index contributed by atoms with van der Waals surface area (Å²) in [6, 6.07) is 6.66. The van der Waals surface area contributed by atoms with Gasteiger partial charge in [-0.2, -0.15) is 0 Å². The van der Waals surface area contributed by atoms with Crippen LogP contribution in [0, 0.1) is 6.92 Å². The highest BCUT2D eigenvalue weighted by Crippen LogP contribution is 2.21. The van der Waals surface area contributed by atoms with Crippen molar-refractivity contribution >= 4 is 6.08 Å². The minimum atomic E-state index is 0.604. The van der Waals surface area contributed by atoms with Gasteiger partial charge in [-0.05, 0) is 30.9 Å². The fraction of sp³-hybridized carbons (Fsp3) is 0.385. The molecular formula is C13H18. The van der Waals surface area contributed by atoms with Gasteiger partial charge in [0.25, 0.3) is 0 Å². The first kappa shape index (κ1) is 10.0. The summed E-state index contributed by atoms with van der Waals surface area (Å²) in [6.07, 6.45) is 4.28. The second kappa shape index (κ2) is 4.27. The summed E-state index contributed by atoms with van der Waals surface area (Å²) in [7, 11) is 0. The summed E-state index contributed by atoms with van der Waals surface area (Å²) in [5, 5.41) is 0. The fourth-order valence-electron chi connectivity index (χ4n) is 1.54. The zero-order chi connectivity index (χ0) is 9.84. The van der Waals surface area contributed by atoms with Crippen molar-refractivity contribution < 1.29 is 0 Å². The third-order valence-corrected chi connectivity index (χ3v) is 2.21. The predicted molar refractivity (Wildman–Crippen MR) is 60.0 cm³/mol. The van der Waals surface area contributed by atoms with Crippen LogP contribution in [0.1, 0.15) is 43.4 Å². The first-order chi connectivity index (χ1) is 6.15. The predicted octanol–water partition coefficient (Wildman–Crippen LogP) is 4.15. The smallest absolute Gasteiger partial charge is 0.0213 e. The maximum Gasteiger partial charge on any atom is -0.0213 e. The lowest BCUT2D eigenvalue weighted by Crippen LogP contribution is -1.92. The van der Waals surface area contributed by atoms with E-state index in [1.54, 1.807) is 0 Å². The van der Waals surface area contributed by atoms with E-state index < -0.39 is 0 Å². The van der Waals surface area contributed by atoms with Crippen LogP contribution in [-0.2, 0) is 0 Å². The maximum absolute atomic E-state index is 2.25.